The fourth-order valence-corrected chi connectivity index (χ4v) is 2.17. The number of carbonyl (C=O) groups excluding carboxylic acids is 2. The maximum absolute atomic E-state index is 12.0. The second-order valence-electron chi connectivity index (χ2n) is 4.37. The minimum Gasteiger partial charge on any atom is -0.465 e. The standard InChI is InChI=1S/C12H13N5O3/c1-20-12(19)9-2-3-14-6-10(9)17-7-8(4-11(17)18)5-15-16-13/h2-3,6,8H,4-5,7H2,1H3. The maximum atomic E-state index is 12.0. The van der Waals surface area contributed by atoms with Crippen LogP contribution in [0.5, 0.6) is 0 Å². The molecular formula is C12H13N5O3. The molecule has 1 amide bonds. The number of amides is 1. The van der Waals surface area contributed by atoms with Crippen LogP contribution in [0.3, 0.4) is 0 Å². The molecule has 0 radical (unpaired) electrons. The van der Waals surface area contributed by atoms with Gasteiger partial charge in [0, 0.05) is 30.6 Å². The molecule has 0 bridgehead atoms. The number of carbonyl (C=O) groups is 2. The summed E-state index contributed by atoms with van der Waals surface area (Å²) in [4.78, 5) is 31.8. The molecule has 1 atom stereocenters. The van der Waals surface area contributed by atoms with Gasteiger partial charge < -0.3 is 9.64 Å². The van der Waals surface area contributed by atoms with Crippen molar-refractivity contribution in [2.24, 2.45) is 11.0 Å². The third-order valence-electron chi connectivity index (χ3n) is 3.10. The summed E-state index contributed by atoms with van der Waals surface area (Å²) in [6.07, 6.45) is 3.21. The molecule has 1 aliphatic heterocycles. The second kappa shape index (κ2) is 6.03. The average Bonchev–Trinajstić information content (AvgIpc) is 2.85. The van der Waals surface area contributed by atoms with Crippen molar-refractivity contribution in [1.29, 1.82) is 0 Å². The van der Waals surface area contributed by atoms with Crippen LogP contribution in [0.15, 0.2) is 23.6 Å². The summed E-state index contributed by atoms with van der Waals surface area (Å²) in [5.41, 5.74) is 9.03. The Balaban J connectivity index is 2.26. The molecule has 1 aromatic heterocycles. The number of hydrogen-bond donors (Lipinski definition) is 0. The number of aromatic nitrogens is 1. The molecule has 2 rings (SSSR count). The van der Waals surface area contributed by atoms with Gasteiger partial charge in [-0.15, -0.1) is 0 Å². The molecule has 0 spiro atoms. The number of anilines is 1. The maximum Gasteiger partial charge on any atom is 0.340 e. The van der Waals surface area contributed by atoms with Gasteiger partial charge in [0.05, 0.1) is 24.6 Å². The Kier molecular flexibility index (Phi) is 4.17. The largest absolute Gasteiger partial charge is 0.465 e. The second-order valence-corrected chi connectivity index (χ2v) is 4.37. The Bertz CT molecular complexity index is 582. The number of hydrogen-bond acceptors (Lipinski definition) is 5. The van der Waals surface area contributed by atoms with E-state index in [2.05, 4.69) is 15.0 Å². The molecule has 0 aromatic carbocycles. The summed E-state index contributed by atoms with van der Waals surface area (Å²) >= 11 is 0. The first-order valence-corrected chi connectivity index (χ1v) is 6.01. The van der Waals surface area contributed by atoms with E-state index in [4.69, 9.17) is 10.3 Å². The molecule has 1 fully saturated rings. The monoisotopic (exact) mass is 275 g/mol. The number of ether oxygens (including phenoxy) is 1. The van der Waals surface area contributed by atoms with Gasteiger partial charge in [-0.25, -0.2) is 4.79 Å². The SMILES string of the molecule is COC(=O)c1ccncc1N1CC(CN=[N+]=[N-])CC1=O. The Morgan fingerprint density at radius 3 is 3.20 bits per heavy atom. The minimum absolute atomic E-state index is 0.0518. The van der Waals surface area contributed by atoms with Gasteiger partial charge in [0.15, 0.2) is 0 Å². The summed E-state index contributed by atoms with van der Waals surface area (Å²) in [7, 11) is 1.28. The minimum atomic E-state index is -0.520. The van der Waals surface area contributed by atoms with Crippen LogP contribution in [-0.4, -0.2) is 37.1 Å². The van der Waals surface area contributed by atoms with E-state index >= 15 is 0 Å². The molecule has 20 heavy (non-hydrogen) atoms. The molecule has 0 aliphatic carbocycles. The molecule has 1 unspecified atom stereocenters. The Morgan fingerprint density at radius 2 is 2.50 bits per heavy atom. The molecular weight excluding hydrogens is 262 g/mol. The summed E-state index contributed by atoms with van der Waals surface area (Å²) in [5.74, 6) is -0.695. The first kappa shape index (κ1) is 13.8. The van der Waals surface area contributed by atoms with E-state index in [0.29, 0.717) is 17.8 Å². The number of methoxy groups -OCH3 is 1. The lowest BCUT2D eigenvalue weighted by atomic mass is 10.1. The molecule has 1 saturated heterocycles. The molecule has 0 saturated carbocycles. The van der Waals surface area contributed by atoms with Crippen LogP contribution < -0.4 is 4.90 Å². The van der Waals surface area contributed by atoms with Crippen LogP contribution in [0.4, 0.5) is 5.69 Å². The van der Waals surface area contributed by atoms with Crippen molar-refractivity contribution in [3.63, 3.8) is 0 Å². The summed E-state index contributed by atoms with van der Waals surface area (Å²) in [5, 5.41) is 3.48. The van der Waals surface area contributed by atoms with E-state index in [1.807, 2.05) is 0 Å². The highest BCUT2D eigenvalue weighted by atomic mass is 16.5. The van der Waals surface area contributed by atoms with Gasteiger partial charge in [0.25, 0.3) is 0 Å². The number of rotatable bonds is 4. The van der Waals surface area contributed by atoms with E-state index in [-0.39, 0.29) is 24.8 Å². The third-order valence-corrected chi connectivity index (χ3v) is 3.10. The van der Waals surface area contributed by atoms with E-state index in [1.54, 1.807) is 0 Å². The highest BCUT2D eigenvalue weighted by molar-refractivity contribution is 6.03. The predicted octanol–water partition coefficient (Wildman–Crippen LogP) is 1.53. The molecule has 1 aromatic rings. The van der Waals surface area contributed by atoms with Crippen LogP contribution in [0.2, 0.25) is 0 Å². The summed E-state index contributed by atoms with van der Waals surface area (Å²) in [6.45, 7) is 0.653. The van der Waals surface area contributed by atoms with Gasteiger partial charge in [-0.3, -0.25) is 9.78 Å². The van der Waals surface area contributed by atoms with Crippen LogP contribution in [-0.2, 0) is 9.53 Å². The molecule has 0 N–H and O–H groups in total. The molecule has 2 heterocycles. The van der Waals surface area contributed by atoms with E-state index < -0.39 is 5.97 Å². The lowest BCUT2D eigenvalue weighted by Crippen LogP contribution is -2.27. The fraction of sp³-hybridized carbons (Fsp3) is 0.417. The topological polar surface area (TPSA) is 108 Å². The van der Waals surface area contributed by atoms with Crippen molar-refractivity contribution in [1.82, 2.24) is 4.98 Å². The van der Waals surface area contributed by atoms with E-state index in [0.717, 1.165) is 0 Å². The van der Waals surface area contributed by atoms with Crippen LogP contribution in [0.1, 0.15) is 16.8 Å². The first-order chi connectivity index (χ1) is 9.67. The normalized spacial score (nSPS) is 17.8. The highest BCUT2D eigenvalue weighted by Gasteiger charge is 2.32. The van der Waals surface area contributed by atoms with Gasteiger partial charge in [-0.2, -0.15) is 0 Å². The van der Waals surface area contributed by atoms with Crippen molar-refractivity contribution >= 4 is 17.6 Å². The van der Waals surface area contributed by atoms with Crippen molar-refractivity contribution in [3.05, 3.63) is 34.5 Å². The van der Waals surface area contributed by atoms with Gasteiger partial charge in [-0.1, -0.05) is 5.11 Å². The number of azide groups is 1. The summed E-state index contributed by atoms with van der Waals surface area (Å²) in [6, 6.07) is 1.51. The van der Waals surface area contributed by atoms with Crippen LogP contribution in [0.25, 0.3) is 10.4 Å². The number of pyridine rings is 1. The Labute approximate surface area is 115 Å². The number of nitrogens with zero attached hydrogens (tertiary/aromatic N) is 5. The lowest BCUT2D eigenvalue weighted by molar-refractivity contribution is -0.117. The number of esters is 1. The quantitative estimate of drug-likeness (QED) is 0.359. The van der Waals surface area contributed by atoms with Gasteiger partial charge in [0.2, 0.25) is 5.91 Å². The van der Waals surface area contributed by atoms with Gasteiger partial charge >= 0.3 is 5.97 Å². The van der Waals surface area contributed by atoms with E-state index in [9.17, 15) is 9.59 Å². The average molecular weight is 275 g/mol. The van der Waals surface area contributed by atoms with Crippen molar-refractivity contribution in [2.75, 3.05) is 25.1 Å². The lowest BCUT2D eigenvalue weighted by Gasteiger charge is -2.18. The molecule has 104 valence electrons. The van der Waals surface area contributed by atoms with Crippen molar-refractivity contribution in [2.45, 2.75) is 6.42 Å². The van der Waals surface area contributed by atoms with Crippen LogP contribution >= 0.6 is 0 Å². The first-order valence-electron chi connectivity index (χ1n) is 6.01. The fourth-order valence-electron chi connectivity index (χ4n) is 2.17. The predicted molar refractivity (Wildman–Crippen MR) is 70.0 cm³/mol. The summed E-state index contributed by atoms with van der Waals surface area (Å²) < 4.78 is 4.69. The Morgan fingerprint density at radius 1 is 1.70 bits per heavy atom. The van der Waals surface area contributed by atoms with Crippen LogP contribution in [0, 0.1) is 5.92 Å². The zero-order chi connectivity index (χ0) is 14.5. The molecule has 1 aliphatic rings. The zero-order valence-corrected chi connectivity index (χ0v) is 10.9. The molecule has 8 nitrogen and oxygen atoms in total. The molecule has 8 heteroatoms. The van der Waals surface area contributed by atoms with E-state index in [1.165, 1.54) is 30.5 Å². The smallest absolute Gasteiger partial charge is 0.340 e. The van der Waals surface area contributed by atoms with Crippen molar-refractivity contribution in [3.8, 4) is 0 Å². The van der Waals surface area contributed by atoms with Gasteiger partial charge in [0.1, 0.15) is 0 Å². The highest BCUT2D eigenvalue weighted by Crippen LogP contribution is 2.28. The zero-order valence-electron chi connectivity index (χ0n) is 10.9. The third kappa shape index (κ3) is 2.70. The van der Waals surface area contributed by atoms with Crippen molar-refractivity contribution < 1.29 is 14.3 Å². The Hall–Kier alpha value is -2.60. The van der Waals surface area contributed by atoms with Gasteiger partial charge in [-0.05, 0) is 17.5 Å².